The van der Waals surface area contributed by atoms with Gasteiger partial charge in [0.2, 0.25) is 11.1 Å². The number of hydrogen-bond acceptors (Lipinski definition) is 8. The molecule has 1 atom stereocenters. The van der Waals surface area contributed by atoms with Crippen LogP contribution in [0.5, 0.6) is 5.75 Å². The average molecular weight is 532 g/mol. The molecular weight excluding hydrogens is 506 g/mol. The second-order valence-corrected chi connectivity index (χ2v) is 10.4. The van der Waals surface area contributed by atoms with Crippen molar-refractivity contribution in [2.45, 2.75) is 25.0 Å². The third-order valence-corrected chi connectivity index (χ3v) is 7.71. The van der Waals surface area contributed by atoms with Gasteiger partial charge in [0.25, 0.3) is 5.91 Å². The van der Waals surface area contributed by atoms with Crippen molar-refractivity contribution in [2.75, 3.05) is 23.5 Å². The van der Waals surface area contributed by atoms with Crippen molar-refractivity contribution in [3.05, 3.63) is 93.3 Å². The molecular formula is C27H25N5O3S2. The lowest BCUT2D eigenvalue weighted by molar-refractivity contribution is -0.113. The number of aryl methyl sites for hydroxylation is 1. The Morgan fingerprint density at radius 2 is 1.89 bits per heavy atom. The van der Waals surface area contributed by atoms with Crippen LogP contribution < -0.4 is 15.4 Å². The summed E-state index contributed by atoms with van der Waals surface area (Å²) in [5.41, 5.74) is 3.54. The number of amides is 1. The van der Waals surface area contributed by atoms with Gasteiger partial charge < -0.3 is 15.4 Å². The number of fused-ring (bicyclic) bond motifs is 1. The maximum Gasteiger partial charge on any atom is 0.256 e. The van der Waals surface area contributed by atoms with Crippen LogP contribution in [-0.2, 0) is 4.79 Å². The molecule has 0 aliphatic carbocycles. The summed E-state index contributed by atoms with van der Waals surface area (Å²) in [6.45, 7) is 3.84. The molecule has 0 saturated heterocycles. The van der Waals surface area contributed by atoms with Crippen molar-refractivity contribution < 1.29 is 14.3 Å². The first kappa shape index (κ1) is 24.8. The molecule has 2 aromatic heterocycles. The molecule has 0 saturated carbocycles. The summed E-state index contributed by atoms with van der Waals surface area (Å²) in [6, 6.07) is 18.2. The minimum atomic E-state index is -0.472. The first-order valence-electron chi connectivity index (χ1n) is 11.6. The van der Waals surface area contributed by atoms with Crippen molar-refractivity contribution in [1.82, 2.24) is 14.8 Å². The number of ketones is 1. The molecule has 2 aromatic carbocycles. The number of carbonyl (C=O) groups excluding carboxylic acids is 2. The van der Waals surface area contributed by atoms with E-state index in [9.17, 15) is 9.59 Å². The van der Waals surface area contributed by atoms with Crippen LogP contribution in [-0.4, -0.2) is 39.3 Å². The minimum absolute atomic E-state index is 0.00622. The molecule has 2 N–H and O–H groups in total. The number of allylic oxidation sites excluding steroid dienone is 1. The van der Waals surface area contributed by atoms with E-state index < -0.39 is 6.04 Å². The number of rotatable bonds is 8. The van der Waals surface area contributed by atoms with Crippen LogP contribution in [0, 0.1) is 6.92 Å². The number of thioether (sulfide) groups is 1. The smallest absolute Gasteiger partial charge is 0.256 e. The Morgan fingerprint density at radius 1 is 1.11 bits per heavy atom. The van der Waals surface area contributed by atoms with E-state index in [0.29, 0.717) is 39.4 Å². The molecule has 1 amide bonds. The van der Waals surface area contributed by atoms with Crippen LogP contribution in [0.3, 0.4) is 0 Å². The molecule has 1 aliphatic rings. The molecule has 5 rings (SSSR count). The number of Topliss-reactive ketones (excluding diaryl/α,β-unsaturated/α-hetero) is 1. The minimum Gasteiger partial charge on any atom is -0.495 e. The molecule has 10 heteroatoms. The number of carbonyl (C=O) groups is 2. The highest BCUT2D eigenvalue weighted by Gasteiger charge is 2.35. The largest absolute Gasteiger partial charge is 0.495 e. The molecule has 37 heavy (non-hydrogen) atoms. The molecule has 0 fully saturated rings. The summed E-state index contributed by atoms with van der Waals surface area (Å²) in [7, 11) is 1.57. The highest BCUT2D eigenvalue weighted by atomic mass is 32.2. The van der Waals surface area contributed by atoms with E-state index >= 15 is 0 Å². The lowest BCUT2D eigenvalue weighted by Gasteiger charge is -2.27. The first-order valence-corrected chi connectivity index (χ1v) is 13.5. The number of para-hydroxylation sites is 2. The molecule has 1 unspecified atom stereocenters. The van der Waals surface area contributed by atoms with E-state index in [-0.39, 0.29) is 17.4 Å². The molecule has 0 spiro atoms. The average Bonchev–Trinajstić information content (AvgIpc) is 3.57. The van der Waals surface area contributed by atoms with E-state index in [4.69, 9.17) is 9.84 Å². The predicted octanol–water partition coefficient (Wildman–Crippen LogP) is 5.56. The maximum absolute atomic E-state index is 13.6. The summed E-state index contributed by atoms with van der Waals surface area (Å²) >= 11 is 2.81. The van der Waals surface area contributed by atoms with Crippen molar-refractivity contribution in [3.63, 3.8) is 0 Å². The Balaban J connectivity index is 1.41. The zero-order chi connectivity index (χ0) is 25.9. The zero-order valence-electron chi connectivity index (χ0n) is 20.5. The van der Waals surface area contributed by atoms with Crippen LogP contribution >= 0.6 is 23.1 Å². The lowest BCUT2D eigenvalue weighted by Crippen LogP contribution is -2.31. The Kier molecular flexibility index (Phi) is 7.11. The number of ether oxygens (including phenoxy) is 1. The number of nitrogens with zero attached hydrogens (tertiary/aromatic N) is 3. The zero-order valence-corrected chi connectivity index (χ0v) is 22.2. The van der Waals surface area contributed by atoms with Crippen LogP contribution in [0.1, 0.15) is 33.8 Å². The number of benzene rings is 2. The van der Waals surface area contributed by atoms with E-state index in [2.05, 4.69) is 15.6 Å². The topological polar surface area (TPSA) is 98.1 Å². The summed E-state index contributed by atoms with van der Waals surface area (Å²) in [6.07, 6.45) is 0. The molecule has 1 aliphatic heterocycles. The van der Waals surface area contributed by atoms with Gasteiger partial charge in [0, 0.05) is 16.1 Å². The summed E-state index contributed by atoms with van der Waals surface area (Å²) in [4.78, 5) is 31.8. The number of nitrogens with one attached hydrogen (secondary N) is 2. The Morgan fingerprint density at radius 3 is 2.62 bits per heavy atom. The fourth-order valence-corrected chi connectivity index (χ4v) is 5.63. The lowest BCUT2D eigenvalue weighted by atomic mass is 10.0. The van der Waals surface area contributed by atoms with Crippen molar-refractivity contribution >= 4 is 46.4 Å². The van der Waals surface area contributed by atoms with Gasteiger partial charge in [0.15, 0.2) is 5.78 Å². The van der Waals surface area contributed by atoms with Gasteiger partial charge in [-0.2, -0.15) is 4.98 Å². The Hall–Kier alpha value is -3.89. The standard InChI is InChI=1S/C27H25N5O3S2/c1-16-10-12-18(13-11-16)20(33)15-37-27-30-26-28-17(2)23(24(32(26)31-27)22-9-6-14-36-22)25(34)29-19-7-4-5-8-21(19)35-3/h4-14,24H,15H2,1-3H3,(H,29,34)(H,28,30,31). The molecule has 188 valence electrons. The van der Waals surface area contributed by atoms with Gasteiger partial charge in [-0.25, -0.2) is 4.68 Å². The Bertz CT molecular complexity index is 1480. The van der Waals surface area contributed by atoms with E-state index in [1.807, 2.05) is 67.8 Å². The predicted molar refractivity (Wildman–Crippen MR) is 147 cm³/mol. The van der Waals surface area contributed by atoms with Crippen molar-refractivity contribution in [3.8, 4) is 5.75 Å². The van der Waals surface area contributed by atoms with Crippen molar-refractivity contribution in [2.24, 2.45) is 0 Å². The monoisotopic (exact) mass is 531 g/mol. The molecule has 0 bridgehead atoms. The Labute approximate surface area is 222 Å². The van der Waals surface area contributed by atoms with E-state index in [1.165, 1.54) is 23.1 Å². The van der Waals surface area contributed by atoms with Crippen molar-refractivity contribution in [1.29, 1.82) is 0 Å². The van der Waals surface area contributed by atoms with E-state index in [1.54, 1.807) is 23.9 Å². The van der Waals surface area contributed by atoms with Gasteiger partial charge in [0.1, 0.15) is 11.8 Å². The van der Waals surface area contributed by atoms with E-state index in [0.717, 1.165) is 10.4 Å². The van der Waals surface area contributed by atoms with Gasteiger partial charge in [-0.1, -0.05) is 59.8 Å². The number of aromatic nitrogens is 3. The van der Waals surface area contributed by atoms with Crippen LogP contribution in [0.4, 0.5) is 11.6 Å². The third-order valence-electron chi connectivity index (χ3n) is 5.95. The molecule has 3 heterocycles. The number of anilines is 2. The summed E-state index contributed by atoms with van der Waals surface area (Å²) < 4.78 is 7.12. The maximum atomic E-state index is 13.6. The third kappa shape index (κ3) is 5.16. The summed E-state index contributed by atoms with van der Waals surface area (Å²) in [5, 5.41) is 13.3. The van der Waals surface area contributed by atoms with Gasteiger partial charge in [-0.05, 0) is 37.4 Å². The SMILES string of the molecule is COc1ccccc1NC(=O)C1=C(C)Nc2nc(SCC(=O)c3ccc(C)cc3)nn2C1c1cccs1. The highest BCUT2D eigenvalue weighted by molar-refractivity contribution is 7.99. The number of thiophene rings is 1. The molecule has 8 nitrogen and oxygen atoms in total. The van der Waals surface area contributed by atoms with Crippen LogP contribution in [0.15, 0.2) is 82.5 Å². The van der Waals surface area contributed by atoms with Gasteiger partial charge in [0.05, 0.1) is 24.1 Å². The molecule has 0 radical (unpaired) electrons. The van der Waals surface area contributed by atoms with Gasteiger partial charge in [-0.15, -0.1) is 16.4 Å². The van der Waals surface area contributed by atoms with Gasteiger partial charge in [-0.3, -0.25) is 9.59 Å². The second-order valence-electron chi connectivity index (χ2n) is 8.48. The highest BCUT2D eigenvalue weighted by Crippen LogP contribution is 2.39. The second kappa shape index (κ2) is 10.6. The first-order chi connectivity index (χ1) is 17.9. The number of hydrogen-bond donors (Lipinski definition) is 2. The summed E-state index contributed by atoms with van der Waals surface area (Å²) in [5.74, 6) is 1.05. The number of methoxy groups -OCH3 is 1. The quantitative estimate of drug-likeness (QED) is 0.227. The molecule has 4 aromatic rings. The van der Waals surface area contributed by atoms with Crippen LogP contribution in [0.2, 0.25) is 0 Å². The fraction of sp³-hybridized carbons (Fsp3) is 0.185. The normalized spacial score (nSPS) is 14.6. The van der Waals surface area contributed by atoms with Crippen LogP contribution in [0.25, 0.3) is 0 Å². The fourth-order valence-electron chi connectivity index (χ4n) is 4.09. The van der Waals surface area contributed by atoms with Gasteiger partial charge >= 0.3 is 0 Å².